The van der Waals surface area contributed by atoms with Crippen LogP contribution in [0.2, 0.25) is 0 Å². The van der Waals surface area contributed by atoms with Crippen molar-refractivity contribution in [3.63, 3.8) is 0 Å². The molecule has 1 aromatic carbocycles. The second kappa shape index (κ2) is 7.37. The van der Waals surface area contributed by atoms with Gasteiger partial charge in [0.25, 0.3) is 0 Å². The van der Waals surface area contributed by atoms with Gasteiger partial charge in [0.1, 0.15) is 11.9 Å². The van der Waals surface area contributed by atoms with Crippen LogP contribution < -0.4 is 0 Å². The van der Waals surface area contributed by atoms with Crippen molar-refractivity contribution in [1.82, 2.24) is 0 Å². The first kappa shape index (κ1) is 16.6. The van der Waals surface area contributed by atoms with Gasteiger partial charge in [0.05, 0.1) is 12.5 Å². The zero-order chi connectivity index (χ0) is 15.3. The van der Waals surface area contributed by atoms with Crippen molar-refractivity contribution >= 4 is 22.8 Å². The molecule has 0 fully saturated rings. The number of benzene rings is 1. The van der Waals surface area contributed by atoms with Crippen LogP contribution in [0.1, 0.15) is 24.2 Å². The molecule has 1 rings (SSSR count). The monoisotopic (exact) mass is 302 g/mol. The quantitative estimate of drug-likeness (QED) is 0.729. The Hall–Kier alpha value is -1.44. The molecular formula is C13H15FO5S. The van der Waals surface area contributed by atoms with Crippen molar-refractivity contribution < 1.29 is 29.3 Å². The van der Waals surface area contributed by atoms with Gasteiger partial charge in [-0.25, -0.2) is 4.39 Å². The van der Waals surface area contributed by atoms with Gasteiger partial charge in [-0.15, -0.1) is 0 Å². The lowest BCUT2D eigenvalue weighted by Crippen LogP contribution is -2.22. The minimum Gasteiger partial charge on any atom is -0.481 e. The lowest BCUT2D eigenvalue weighted by molar-refractivity contribution is -0.136. The van der Waals surface area contributed by atoms with Crippen molar-refractivity contribution in [2.24, 2.45) is 0 Å². The van der Waals surface area contributed by atoms with Gasteiger partial charge in [-0.2, -0.15) is 0 Å². The number of aliphatic carboxylic acids is 1. The Morgan fingerprint density at radius 1 is 1.35 bits per heavy atom. The molecule has 0 aliphatic heterocycles. The average molecular weight is 302 g/mol. The van der Waals surface area contributed by atoms with Crippen LogP contribution in [0.5, 0.6) is 0 Å². The number of carboxylic acid groups (broad SMARTS) is 1. The predicted molar refractivity (Wildman–Crippen MR) is 71.8 cm³/mol. The molecule has 0 spiro atoms. The molecule has 20 heavy (non-hydrogen) atoms. The van der Waals surface area contributed by atoms with Crippen molar-refractivity contribution in [2.75, 3.05) is 5.75 Å². The number of hydrogen-bond acceptors (Lipinski definition) is 5. The Balaban J connectivity index is 2.80. The number of carboxylic acids is 1. The summed E-state index contributed by atoms with van der Waals surface area (Å²) in [6.07, 6.45) is -3.08. The average Bonchev–Trinajstić information content (AvgIpc) is 2.34. The highest BCUT2D eigenvalue weighted by atomic mass is 32.2. The van der Waals surface area contributed by atoms with Crippen LogP contribution in [0.15, 0.2) is 18.2 Å². The van der Waals surface area contributed by atoms with Crippen molar-refractivity contribution in [1.29, 1.82) is 0 Å². The van der Waals surface area contributed by atoms with E-state index in [1.165, 1.54) is 19.1 Å². The van der Waals surface area contributed by atoms with Crippen LogP contribution in [0.4, 0.5) is 4.39 Å². The van der Waals surface area contributed by atoms with Crippen molar-refractivity contribution in [3.05, 3.63) is 35.1 Å². The highest BCUT2D eigenvalue weighted by Gasteiger charge is 2.22. The first-order valence-electron chi connectivity index (χ1n) is 5.81. The zero-order valence-electron chi connectivity index (χ0n) is 10.7. The van der Waals surface area contributed by atoms with E-state index in [-0.39, 0.29) is 28.4 Å². The topological polar surface area (TPSA) is 94.8 Å². The molecule has 0 aliphatic rings. The molecule has 0 saturated carbocycles. The first-order chi connectivity index (χ1) is 9.31. The number of aliphatic hydroxyl groups excluding tert-OH is 2. The first-order valence-corrected chi connectivity index (χ1v) is 6.79. The number of aliphatic hydroxyl groups is 2. The number of hydrogen-bond donors (Lipinski definition) is 3. The predicted octanol–water partition coefficient (Wildman–Crippen LogP) is 1.13. The highest BCUT2D eigenvalue weighted by Crippen LogP contribution is 2.23. The highest BCUT2D eigenvalue weighted by molar-refractivity contribution is 8.13. The van der Waals surface area contributed by atoms with Gasteiger partial charge in [0, 0.05) is 18.2 Å². The molecule has 2 unspecified atom stereocenters. The standard InChI is InChI=1S/C13H15FO5S/c1-7(15)20-6-11(16)13(19)9-3-2-8(4-10(9)14)5-12(17)18/h2-4,11,13,16,19H,5-6H2,1H3,(H,17,18). The van der Waals surface area contributed by atoms with Crippen LogP contribution in [-0.4, -0.2) is 38.3 Å². The minimum atomic E-state index is -1.47. The number of rotatable bonds is 6. The van der Waals surface area contributed by atoms with E-state index >= 15 is 0 Å². The molecule has 5 nitrogen and oxygen atoms in total. The summed E-state index contributed by atoms with van der Waals surface area (Å²) in [6, 6.07) is 3.62. The van der Waals surface area contributed by atoms with E-state index in [1.807, 2.05) is 0 Å². The minimum absolute atomic E-state index is 0.0488. The van der Waals surface area contributed by atoms with Crippen LogP contribution in [-0.2, 0) is 16.0 Å². The molecular weight excluding hydrogens is 287 g/mol. The summed E-state index contributed by atoms with van der Waals surface area (Å²) in [5.41, 5.74) is 0.134. The van der Waals surface area contributed by atoms with Crippen molar-refractivity contribution in [3.8, 4) is 0 Å². The molecule has 0 amide bonds. The largest absolute Gasteiger partial charge is 0.481 e. The molecule has 0 aliphatic carbocycles. The summed E-state index contributed by atoms with van der Waals surface area (Å²) in [7, 11) is 0. The Labute approximate surface area is 119 Å². The summed E-state index contributed by atoms with van der Waals surface area (Å²) >= 11 is 0.831. The summed E-state index contributed by atoms with van der Waals surface area (Å²) in [5, 5.41) is 27.9. The van der Waals surface area contributed by atoms with Gasteiger partial charge >= 0.3 is 5.97 Å². The number of carbonyl (C=O) groups is 2. The van der Waals surface area contributed by atoms with Crippen molar-refractivity contribution in [2.45, 2.75) is 25.6 Å². The van der Waals surface area contributed by atoms with Gasteiger partial charge in [-0.3, -0.25) is 9.59 Å². The Morgan fingerprint density at radius 3 is 2.50 bits per heavy atom. The third kappa shape index (κ3) is 4.92. The van der Waals surface area contributed by atoms with Gasteiger partial charge < -0.3 is 15.3 Å². The SMILES string of the molecule is CC(=O)SCC(O)C(O)c1ccc(CC(=O)O)cc1F. The van der Waals surface area contributed by atoms with E-state index in [0.717, 1.165) is 17.8 Å². The molecule has 7 heteroatoms. The van der Waals surface area contributed by atoms with Gasteiger partial charge in [-0.05, 0) is 11.6 Å². The summed E-state index contributed by atoms with van der Waals surface area (Å²) in [5.74, 6) is -1.92. The van der Waals surface area contributed by atoms with E-state index < -0.39 is 24.0 Å². The maximum absolute atomic E-state index is 13.8. The lowest BCUT2D eigenvalue weighted by atomic mass is 10.0. The van der Waals surface area contributed by atoms with Crippen LogP contribution in [0.3, 0.4) is 0 Å². The van der Waals surface area contributed by atoms with Crippen LogP contribution in [0, 0.1) is 5.82 Å². The number of thioether (sulfide) groups is 1. The zero-order valence-corrected chi connectivity index (χ0v) is 11.6. The Kier molecular flexibility index (Phi) is 6.12. The maximum Gasteiger partial charge on any atom is 0.307 e. The molecule has 1 aromatic rings. The normalized spacial score (nSPS) is 13.8. The van der Waals surface area contributed by atoms with E-state index in [9.17, 15) is 24.2 Å². The van der Waals surface area contributed by atoms with Crippen LogP contribution >= 0.6 is 11.8 Å². The molecule has 0 aromatic heterocycles. The van der Waals surface area contributed by atoms with E-state index in [1.54, 1.807) is 0 Å². The van der Waals surface area contributed by atoms with E-state index in [0.29, 0.717) is 0 Å². The molecule has 0 radical (unpaired) electrons. The Bertz CT molecular complexity index is 506. The fourth-order valence-electron chi connectivity index (χ4n) is 1.60. The number of carbonyl (C=O) groups excluding carboxylic acids is 1. The molecule has 110 valence electrons. The third-order valence-electron chi connectivity index (χ3n) is 2.56. The van der Waals surface area contributed by atoms with Crippen LogP contribution in [0.25, 0.3) is 0 Å². The number of halogens is 1. The lowest BCUT2D eigenvalue weighted by Gasteiger charge is -2.18. The molecule has 2 atom stereocenters. The molecule has 0 saturated heterocycles. The molecule has 0 bridgehead atoms. The fourth-order valence-corrected chi connectivity index (χ4v) is 2.18. The van der Waals surface area contributed by atoms with Gasteiger partial charge in [0.2, 0.25) is 0 Å². The third-order valence-corrected chi connectivity index (χ3v) is 3.48. The van der Waals surface area contributed by atoms with E-state index in [2.05, 4.69) is 0 Å². The Morgan fingerprint density at radius 2 is 2.00 bits per heavy atom. The fraction of sp³-hybridized carbons (Fsp3) is 0.385. The summed E-state index contributed by atoms with van der Waals surface area (Å²) in [4.78, 5) is 21.3. The summed E-state index contributed by atoms with van der Waals surface area (Å²) < 4.78 is 13.8. The molecule has 0 heterocycles. The second-order valence-electron chi connectivity index (χ2n) is 4.24. The molecule has 3 N–H and O–H groups in total. The smallest absolute Gasteiger partial charge is 0.307 e. The van der Waals surface area contributed by atoms with E-state index in [4.69, 9.17) is 5.11 Å². The van der Waals surface area contributed by atoms with Gasteiger partial charge in [0.15, 0.2) is 5.12 Å². The second-order valence-corrected chi connectivity index (χ2v) is 5.44. The maximum atomic E-state index is 13.8. The van der Waals surface area contributed by atoms with Gasteiger partial charge in [-0.1, -0.05) is 23.9 Å². The summed E-state index contributed by atoms with van der Waals surface area (Å²) in [6.45, 7) is 1.32.